The third kappa shape index (κ3) is 3.72. The Morgan fingerprint density at radius 3 is 2.86 bits per heavy atom. The average molecular weight is 328 g/mol. The molecule has 0 spiro atoms. The van der Waals surface area contributed by atoms with E-state index < -0.39 is 12.1 Å². The van der Waals surface area contributed by atoms with Crippen LogP contribution in [-0.2, 0) is 4.74 Å². The summed E-state index contributed by atoms with van der Waals surface area (Å²) in [5, 5.41) is 27.8. The van der Waals surface area contributed by atoms with Gasteiger partial charge in [0.05, 0.1) is 29.0 Å². The predicted octanol–water partition coefficient (Wildman–Crippen LogP) is 0.161. The Morgan fingerprint density at radius 1 is 1.45 bits per heavy atom. The molecule has 0 bridgehead atoms. The first-order chi connectivity index (χ1) is 10.5. The van der Waals surface area contributed by atoms with Gasteiger partial charge in [0, 0.05) is 13.1 Å². The fraction of sp³-hybridized carbons (Fsp3) is 0.417. The zero-order chi connectivity index (χ0) is 16.1. The van der Waals surface area contributed by atoms with E-state index in [2.05, 4.69) is 5.32 Å². The Kier molecular flexibility index (Phi) is 5.31. The standard InChI is InChI=1S/C12H16N4O5S/c13-10(15-20)8-1-2-9(22-8)11(17)14-5-7-6-21-4-3-16(7)12(18)19/h1-2,7,20H,3-6H2,(H2,13,15)(H,14,17)(H,18,19)/t7-/m0/s1. The summed E-state index contributed by atoms with van der Waals surface area (Å²) < 4.78 is 5.23. The molecular weight excluding hydrogens is 312 g/mol. The van der Waals surface area contributed by atoms with Crippen LogP contribution in [0, 0.1) is 5.41 Å². The lowest BCUT2D eigenvalue weighted by Gasteiger charge is -2.33. The number of carbonyl (C=O) groups is 2. The van der Waals surface area contributed by atoms with Gasteiger partial charge in [0.25, 0.3) is 5.91 Å². The van der Waals surface area contributed by atoms with Crippen LogP contribution in [-0.4, -0.2) is 65.4 Å². The summed E-state index contributed by atoms with van der Waals surface area (Å²) in [7, 11) is 0. The Hall–Kier alpha value is -2.17. The second-order valence-electron chi connectivity index (χ2n) is 4.57. The number of nitrogens with zero attached hydrogens (tertiary/aromatic N) is 1. The molecule has 1 aromatic rings. The summed E-state index contributed by atoms with van der Waals surface area (Å²) in [6.45, 7) is 1.01. The van der Waals surface area contributed by atoms with E-state index in [0.29, 0.717) is 16.4 Å². The molecule has 1 saturated heterocycles. The first-order valence-corrected chi connectivity index (χ1v) is 7.29. The number of hydrogen-bond donors (Lipinski definition) is 5. The van der Waals surface area contributed by atoms with Crippen LogP contribution in [0.1, 0.15) is 14.5 Å². The second-order valence-corrected chi connectivity index (χ2v) is 5.65. The lowest BCUT2D eigenvalue weighted by molar-refractivity contribution is 0.000674. The predicted molar refractivity (Wildman–Crippen MR) is 77.7 cm³/mol. The summed E-state index contributed by atoms with van der Waals surface area (Å²) in [6.07, 6.45) is -1.04. The molecule has 120 valence electrons. The van der Waals surface area contributed by atoms with Crippen LogP contribution in [0.3, 0.4) is 0 Å². The molecule has 9 nitrogen and oxygen atoms in total. The first-order valence-electron chi connectivity index (χ1n) is 6.47. The number of morpholine rings is 1. The van der Waals surface area contributed by atoms with Crippen molar-refractivity contribution in [2.75, 3.05) is 26.3 Å². The maximum Gasteiger partial charge on any atom is 0.407 e. The van der Waals surface area contributed by atoms with E-state index in [9.17, 15) is 9.59 Å². The lowest BCUT2D eigenvalue weighted by atomic mass is 10.2. The molecule has 2 heterocycles. The minimum atomic E-state index is -1.04. The molecule has 10 heteroatoms. The quantitative estimate of drug-likeness (QED) is 0.303. The number of hydroxylamine groups is 1. The Morgan fingerprint density at radius 2 is 2.18 bits per heavy atom. The number of rotatable bonds is 4. The summed E-state index contributed by atoms with van der Waals surface area (Å²) in [6, 6.07) is 2.65. The van der Waals surface area contributed by atoms with E-state index in [1.165, 1.54) is 11.0 Å². The number of hydrogen-bond acceptors (Lipinski definition) is 6. The monoisotopic (exact) mass is 328 g/mol. The highest BCUT2D eigenvalue weighted by Crippen LogP contribution is 2.16. The van der Waals surface area contributed by atoms with Crippen molar-refractivity contribution in [2.45, 2.75) is 6.04 Å². The molecule has 2 rings (SSSR count). The average Bonchev–Trinajstić information content (AvgIpc) is 3.02. The minimum absolute atomic E-state index is 0.147. The Balaban J connectivity index is 1.93. The molecule has 1 atom stereocenters. The van der Waals surface area contributed by atoms with E-state index in [1.807, 2.05) is 0 Å². The van der Waals surface area contributed by atoms with Crippen LogP contribution in [0.25, 0.3) is 0 Å². The fourth-order valence-electron chi connectivity index (χ4n) is 2.02. The third-order valence-electron chi connectivity index (χ3n) is 3.16. The van der Waals surface area contributed by atoms with E-state index in [1.54, 1.807) is 11.5 Å². The van der Waals surface area contributed by atoms with Crippen molar-refractivity contribution in [3.05, 3.63) is 21.9 Å². The third-order valence-corrected chi connectivity index (χ3v) is 4.26. The highest BCUT2D eigenvalue weighted by atomic mass is 32.1. The number of nitrogens with one attached hydrogen (secondary N) is 3. The Labute approximate surface area is 130 Å². The maximum atomic E-state index is 12.0. The van der Waals surface area contributed by atoms with Crippen molar-refractivity contribution < 1.29 is 24.6 Å². The molecule has 0 aromatic carbocycles. The topological polar surface area (TPSA) is 135 Å². The smallest absolute Gasteiger partial charge is 0.407 e. The molecule has 5 N–H and O–H groups in total. The minimum Gasteiger partial charge on any atom is -0.465 e. The largest absolute Gasteiger partial charge is 0.465 e. The van der Waals surface area contributed by atoms with Crippen molar-refractivity contribution in [1.82, 2.24) is 15.7 Å². The number of amidine groups is 1. The number of carbonyl (C=O) groups excluding carboxylic acids is 1. The van der Waals surface area contributed by atoms with Gasteiger partial charge >= 0.3 is 6.09 Å². The van der Waals surface area contributed by atoms with Crippen LogP contribution in [0.4, 0.5) is 4.79 Å². The van der Waals surface area contributed by atoms with E-state index >= 15 is 0 Å². The van der Waals surface area contributed by atoms with E-state index in [0.717, 1.165) is 11.3 Å². The van der Waals surface area contributed by atoms with Crippen molar-refractivity contribution >= 4 is 29.2 Å². The summed E-state index contributed by atoms with van der Waals surface area (Å²) in [5.74, 6) is -0.556. The Bertz CT molecular complexity index is 576. The molecule has 0 radical (unpaired) electrons. The van der Waals surface area contributed by atoms with E-state index in [4.69, 9.17) is 20.5 Å². The molecule has 1 aromatic heterocycles. The van der Waals surface area contributed by atoms with Crippen LogP contribution in [0.5, 0.6) is 0 Å². The van der Waals surface area contributed by atoms with Gasteiger partial charge in [0.2, 0.25) is 0 Å². The number of amides is 2. The summed E-state index contributed by atoms with van der Waals surface area (Å²) >= 11 is 1.05. The SMILES string of the molecule is N=C(NO)c1ccc(C(=O)NC[C@H]2COCCN2C(=O)O)s1. The van der Waals surface area contributed by atoms with Gasteiger partial charge in [-0.15, -0.1) is 11.3 Å². The molecule has 1 aliphatic rings. The van der Waals surface area contributed by atoms with Gasteiger partial charge in [-0.1, -0.05) is 0 Å². The van der Waals surface area contributed by atoms with Crippen molar-refractivity contribution in [1.29, 1.82) is 5.41 Å². The van der Waals surface area contributed by atoms with Gasteiger partial charge in [0.15, 0.2) is 5.84 Å². The number of carboxylic acid groups (broad SMARTS) is 1. The first kappa shape index (κ1) is 16.2. The molecule has 1 aliphatic heterocycles. The highest BCUT2D eigenvalue weighted by Gasteiger charge is 2.27. The van der Waals surface area contributed by atoms with Crippen molar-refractivity contribution in [3.8, 4) is 0 Å². The molecular formula is C12H16N4O5S. The molecule has 2 amide bonds. The van der Waals surface area contributed by atoms with Gasteiger partial charge in [0.1, 0.15) is 0 Å². The van der Waals surface area contributed by atoms with Crippen LogP contribution in [0.15, 0.2) is 12.1 Å². The highest BCUT2D eigenvalue weighted by molar-refractivity contribution is 7.16. The molecule has 0 saturated carbocycles. The number of thiophene rings is 1. The second kappa shape index (κ2) is 7.20. The molecule has 0 aliphatic carbocycles. The van der Waals surface area contributed by atoms with E-state index in [-0.39, 0.29) is 31.4 Å². The van der Waals surface area contributed by atoms with Crippen LogP contribution in [0.2, 0.25) is 0 Å². The van der Waals surface area contributed by atoms with Gasteiger partial charge in [-0.05, 0) is 12.1 Å². The van der Waals surface area contributed by atoms with Crippen LogP contribution < -0.4 is 10.8 Å². The maximum absolute atomic E-state index is 12.0. The van der Waals surface area contributed by atoms with Gasteiger partial charge in [-0.25, -0.2) is 4.79 Å². The zero-order valence-corrected chi connectivity index (χ0v) is 12.4. The van der Waals surface area contributed by atoms with Gasteiger partial charge < -0.3 is 15.2 Å². The van der Waals surface area contributed by atoms with Gasteiger partial charge in [-0.2, -0.15) is 0 Å². The molecule has 0 unspecified atom stereocenters. The van der Waals surface area contributed by atoms with Crippen LogP contribution >= 0.6 is 11.3 Å². The molecule has 22 heavy (non-hydrogen) atoms. The van der Waals surface area contributed by atoms with Gasteiger partial charge in [-0.3, -0.25) is 25.8 Å². The fourth-order valence-corrected chi connectivity index (χ4v) is 2.84. The lowest BCUT2D eigenvalue weighted by Crippen LogP contribution is -2.53. The van der Waals surface area contributed by atoms with Crippen molar-refractivity contribution in [2.24, 2.45) is 0 Å². The normalized spacial score (nSPS) is 17.9. The summed E-state index contributed by atoms with van der Waals surface area (Å²) in [4.78, 5) is 25.2. The number of ether oxygens (including phenoxy) is 1. The zero-order valence-electron chi connectivity index (χ0n) is 11.5. The van der Waals surface area contributed by atoms with Crippen molar-refractivity contribution in [3.63, 3.8) is 0 Å². The molecule has 1 fully saturated rings. The summed E-state index contributed by atoms with van der Waals surface area (Å²) in [5.41, 5.74) is 1.71.